The zero-order valence-corrected chi connectivity index (χ0v) is 15.0. The van der Waals surface area contributed by atoms with E-state index in [-0.39, 0.29) is 5.91 Å². The van der Waals surface area contributed by atoms with E-state index in [0.717, 1.165) is 24.0 Å². The lowest BCUT2D eigenvalue weighted by Gasteiger charge is -2.33. The second-order valence-electron chi connectivity index (χ2n) is 6.53. The number of hydrogen-bond acceptors (Lipinski definition) is 3. The van der Waals surface area contributed by atoms with Crippen molar-refractivity contribution in [3.05, 3.63) is 41.5 Å². The predicted molar refractivity (Wildman–Crippen MR) is 101 cm³/mol. The highest BCUT2D eigenvalue weighted by Gasteiger charge is 2.37. The molecule has 0 unspecified atom stereocenters. The summed E-state index contributed by atoms with van der Waals surface area (Å²) in [5.41, 5.74) is 3.23. The van der Waals surface area contributed by atoms with Gasteiger partial charge in [-0.25, -0.2) is 0 Å². The molecule has 0 radical (unpaired) electrons. The zero-order chi connectivity index (χ0) is 15.6. The van der Waals surface area contributed by atoms with E-state index >= 15 is 0 Å². The minimum absolute atomic E-state index is 0.226. The minimum atomic E-state index is 0.226. The summed E-state index contributed by atoms with van der Waals surface area (Å²) in [4.78, 5) is 15.2. The second-order valence-corrected chi connectivity index (χ2v) is 9.33. The quantitative estimate of drug-likeness (QED) is 0.751. The molecule has 1 aromatic carbocycles. The third kappa shape index (κ3) is 3.08. The summed E-state index contributed by atoms with van der Waals surface area (Å²) in [6, 6.07) is 8.57. The first-order chi connectivity index (χ1) is 11.3. The first-order valence-corrected chi connectivity index (χ1v) is 10.8. The van der Waals surface area contributed by atoms with Crippen LogP contribution in [0.2, 0.25) is 0 Å². The molecule has 4 heteroatoms. The number of rotatable bonds is 2. The van der Waals surface area contributed by atoms with Crippen LogP contribution in [-0.2, 0) is 0 Å². The number of carbonyl (C=O) groups excluding carboxylic acids is 1. The predicted octanol–water partition coefficient (Wildman–Crippen LogP) is 5.01. The number of hydrogen-bond donors (Lipinski definition) is 0. The molecule has 0 N–H and O–H groups in total. The van der Waals surface area contributed by atoms with E-state index in [1.807, 2.05) is 35.7 Å². The van der Waals surface area contributed by atoms with Gasteiger partial charge >= 0.3 is 0 Å². The van der Waals surface area contributed by atoms with E-state index in [2.05, 4.69) is 23.1 Å². The Hall–Kier alpha value is -0.870. The molecule has 1 saturated heterocycles. The van der Waals surface area contributed by atoms with E-state index < -0.39 is 0 Å². The highest BCUT2D eigenvalue weighted by molar-refractivity contribution is 8.17. The van der Waals surface area contributed by atoms with Gasteiger partial charge in [0.05, 0.1) is 10.3 Å². The van der Waals surface area contributed by atoms with E-state index in [1.54, 1.807) is 0 Å². The van der Waals surface area contributed by atoms with Crippen LogP contribution in [0.4, 0.5) is 0 Å². The van der Waals surface area contributed by atoms with Crippen LogP contribution < -0.4 is 0 Å². The van der Waals surface area contributed by atoms with Gasteiger partial charge in [0.2, 0.25) is 0 Å². The molecule has 1 aromatic rings. The summed E-state index contributed by atoms with van der Waals surface area (Å²) in [5.74, 6) is 2.70. The van der Waals surface area contributed by atoms with Gasteiger partial charge in [-0.2, -0.15) is 0 Å². The highest BCUT2D eigenvalue weighted by Crippen LogP contribution is 2.41. The Morgan fingerprint density at radius 3 is 2.39 bits per heavy atom. The molecule has 3 aliphatic rings. The molecule has 2 nitrogen and oxygen atoms in total. The topological polar surface area (TPSA) is 20.3 Å². The van der Waals surface area contributed by atoms with Gasteiger partial charge in [-0.1, -0.05) is 37.5 Å². The van der Waals surface area contributed by atoms with Gasteiger partial charge < -0.3 is 4.90 Å². The number of fused-ring (bicyclic) bond motifs is 1. The van der Waals surface area contributed by atoms with E-state index in [4.69, 9.17) is 0 Å². The molecule has 0 atom stereocenters. The molecule has 4 rings (SSSR count). The maximum Gasteiger partial charge on any atom is 0.259 e. The third-order valence-electron chi connectivity index (χ3n) is 5.00. The molecule has 1 amide bonds. The van der Waals surface area contributed by atoms with Crippen LogP contribution in [0.1, 0.15) is 54.4 Å². The molecule has 2 aliphatic heterocycles. The maximum atomic E-state index is 13.0. The van der Waals surface area contributed by atoms with Crippen LogP contribution in [0, 0.1) is 0 Å². The Kier molecular flexibility index (Phi) is 4.72. The fourth-order valence-corrected chi connectivity index (χ4v) is 6.55. The minimum Gasteiger partial charge on any atom is -0.305 e. The summed E-state index contributed by atoms with van der Waals surface area (Å²) in [6.07, 6.45) is 9.81. The first-order valence-electron chi connectivity index (χ1n) is 8.72. The molecule has 0 bridgehead atoms. The maximum absolute atomic E-state index is 13.0. The fourth-order valence-electron chi connectivity index (χ4n) is 3.86. The molecular weight excluding hydrogens is 322 g/mol. The Morgan fingerprint density at radius 2 is 1.65 bits per heavy atom. The zero-order valence-electron chi connectivity index (χ0n) is 13.4. The fraction of sp³-hybridized carbons (Fsp3) is 0.526. The Morgan fingerprint density at radius 1 is 0.957 bits per heavy atom. The normalized spacial score (nSPS) is 25.1. The Balaban J connectivity index is 1.71. The lowest BCUT2D eigenvalue weighted by Crippen LogP contribution is -2.36. The van der Waals surface area contributed by atoms with Crippen LogP contribution in [0.5, 0.6) is 0 Å². The van der Waals surface area contributed by atoms with Crippen LogP contribution in [0.3, 0.4) is 0 Å². The van der Waals surface area contributed by atoms with Crippen LogP contribution in [0.15, 0.2) is 30.3 Å². The van der Waals surface area contributed by atoms with Crippen molar-refractivity contribution in [2.24, 2.45) is 0 Å². The van der Waals surface area contributed by atoms with Crippen LogP contribution >= 0.6 is 23.5 Å². The summed E-state index contributed by atoms with van der Waals surface area (Å²) in [7, 11) is 0. The molecule has 0 aromatic heterocycles. The first kappa shape index (κ1) is 15.6. The monoisotopic (exact) mass is 345 g/mol. The van der Waals surface area contributed by atoms with Gasteiger partial charge in [0.15, 0.2) is 0 Å². The smallest absolute Gasteiger partial charge is 0.259 e. The van der Waals surface area contributed by atoms with Crippen molar-refractivity contribution < 1.29 is 4.79 Å². The van der Waals surface area contributed by atoms with Gasteiger partial charge in [-0.05, 0) is 42.9 Å². The van der Waals surface area contributed by atoms with Gasteiger partial charge in [-0.15, -0.1) is 23.5 Å². The Labute approximate surface area is 147 Å². The number of amides is 1. The van der Waals surface area contributed by atoms with Crippen molar-refractivity contribution in [1.82, 2.24) is 4.90 Å². The van der Waals surface area contributed by atoms with Crippen LogP contribution in [-0.4, -0.2) is 32.9 Å². The Bertz CT molecular complexity index is 616. The third-order valence-corrected chi connectivity index (χ3v) is 7.79. The summed E-state index contributed by atoms with van der Waals surface area (Å²) in [5, 5.41) is 0. The summed E-state index contributed by atoms with van der Waals surface area (Å²) in [6.45, 7) is 0. The van der Waals surface area contributed by atoms with Crippen molar-refractivity contribution in [3.8, 4) is 0 Å². The van der Waals surface area contributed by atoms with Gasteiger partial charge in [0.1, 0.15) is 0 Å². The van der Waals surface area contributed by atoms with Crippen molar-refractivity contribution in [2.45, 2.75) is 49.1 Å². The van der Waals surface area contributed by atoms with Crippen LogP contribution in [0.25, 0.3) is 5.70 Å². The largest absolute Gasteiger partial charge is 0.305 e. The van der Waals surface area contributed by atoms with Gasteiger partial charge in [0.25, 0.3) is 5.91 Å². The molecule has 2 fully saturated rings. The van der Waals surface area contributed by atoms with Crippen molar-refractivity contribution >= 4 is 35.1 Å². The average Bonchev–Trinajstić information content (AvgIpc) is 2.89. The molecule has 1 saturated carbocycles. The SMILES string of the molecule is O=C1c2ccccc2/C(=C/C2SCCCS2)N1C1CCCCC1. The summed E-state index contributed by atoms with van der Waals surface area (Å²) < 4.78 is 0.490. The molecule has 122 valence electrons. The number of nitrogens with zero attached hydrogens (tertiary/aromatic N) is 1. The van der Waals surface area contributed by atoms with E-state index in [0.29, 0.717) is 10.6 Å². The molecular formula is C19H23NOS2. The van der Waals surface area contributed by atoms with Gasteiger partial charge in [-0.3, -0.25) is 4.79 Å². The lowest BCUT2D eigenvalue weighted by molar-refractivity contribution is 0.0777. The second kappa shape index (κ2) is 6.94. The number of benzene rings is 1. The molecule has 1 aliphatic carbocycles. The lowest BCUT2D eigenvalue weighted by atomic mass is 9.94. The van der Waals surface area contributed by atoms with Crippen molar-refractivity contribution in [1.29, 1.82) is 0 Å². The van der Waals surface area contributed by atoms with E-state index in [1.165, 1.54) is 42.9 Å². The van der Waals surface area contributed by atoms with Crippen molar-refractivity contribution in [2.75, 3.05) is 11.5 Å². The van der Waals surface area contributed by atoms with Crippen molar-refractivity contribution in [3.63, 3.8) is 0 Å². The number of carbonyl (C=O) groups is 1. The number of thioether (sulfide) groups is 2. The molecule has 0 spiro atoms. The van der Waals surface area contributed by atoms with E-state index in [9.17, 15) is 4.79 Å². The standard InChI is InChI=1S/C19H23NOS2/c21-19-16-10-5-4-9-15(16)17(13-18-22-11-6-12-23-18)20(19)14-7-2-1-3-8-14/h4-5,9-10,13-14,18H,1-3,6-8,11-12H2/b17-13-. The van der Waals surface area contributed by atoms with Gasteiger partial charge in [0, 0.05) is 17.2 Å². The summed E-state index contributed by atoms with van der Waals surface area (Å²) >= 11 is 4.05. The highest BCUT2D eigenvalue weighted by atomic mass is 32.2. The molecule has 23 heavy (non-hydrogen) atoms. The average molecular weight is 346 g/mol. The molecule has 2 heterocycles.